The summed E-state index contributed by atoms with van der Waals surface area (Å²) in [6, 6.07) is 1.26. The lowest BCUT2D eigenvalue weighted by Gasteiger charge is -2.47. The molecule has 2 rings (SSSR count). The summed E-state index contributed by atoms with van der Waals surface area (Å²) in [5, 5.41) is 12.8. The normalized spacial score (nSPS) is 31.6. The van der Waals surface area contributed by atoms with Gasteiger partial charge in [-0.3, -0.25) is 4.90 Å². The van der Waals surface area contributed by atoms with Crippen LogP contribution in [0.15, 0.2) is 0 Å². The molecule has 3 heteroatoms. The molecule has 2 N–H and O–H groups in total. The van der Waals surface area contributed by atoms with Gasteiger partial charge >= 0.3 is 0 Å². The molecule has 0 aromatic carbocycles. The standard InChI is InChI=1S/C14H28N2O/c1-14(2)11-16(10-12(15-14)8-9-17)13-6-4-3-5-7-13/h12-13,15,17H,3-11H2,1-2H3. The molecule has 0 bridgehead atoms. The zero-order chi connectivity index (χ0) is 12.3. The van der Waals surface area contributed by atoms with Crippen LogP contribution in [0.3, 0.4) is 0 Å². The zero-order valence-corrected chi connectivity index (χ0v) is 11.4. The molecule has 1 saturated carbocycles. The maximum Gasteiger partial charge on any atom is 0.0446 e. The minimum atomic E-state index is 0.190. The van der Waals surface area contributed by atoms with Gasteiger partial charge in [-0.2, -0.15) is 0 Å². The van der Waals surface area contributed by atoms with E-state index in [2.05, 4.69) is 24.1 Å². The minimum Gasteiger partial charge on any atom is -0.396 e. The molecule has 0 spiro atoms. The van der Waals surface area contributed by atoms with Gasteiger partial charge in [-0.1, -0.05) is 19.3 Å². The summed E-state index contributed by atoms with van der Waals surface area (Å²) in [5.41, 5.74) is 0.190. The fourth-order valence-electron chi connectivity index (χ4n) is 3.54. The van der Waals surface area contributed by atoms with E-state index in [9.17, 15) is 0 Å². The Morgan fingerprint density at radius 3 is 2.59 bits per heavy atom. The van der Waals surface area contributed by atoms with Crippen molar-refractivity contribution < 1.29 is 5.11 Å². The van der Waals surface area contributed by atoms with Crippen molar-refractivity contribution in [3.63, 3.8) is 0 Å². The molecule has 0 aromatic heterocycles. The highest BCUT2D eigenvalue weighted by atomic mass is 16.3. The Hall–Kier alpha value is -0.120. The Bertz CT molecular complexity index is 236. The van der Waals surface area contributed by atoms with E-state index in [0.717, 1.165) is 25.6 Å². The molecule has 1 unspecified atom stereocenters. The van der Waals surface area contributed by atoms with Gasteiger partial charge in [0.15, 0.2) is 0 Å². The molecule has 1 atom stereocenters. The van der Waals surface area contributed by atoms with Gasteiger partial charge in [0.1, 0.15) is 0 Å². The number of aliphatic hydroxyl groups excluding tert-OH is 1. The SMILES string of the molecule is CC1(C)CN(C2CCCCC2)CC(CCO)N1. The Kier molecular flexibility index (Phi) is 4.45. The Morgan fingerprint density at radius 1 is 1.24 bits per heavy atom. The van der Waals surface area contributed by atoms with Crippen LogP contribution < -0.4 is 5.32 Å². The lowest BCUT2D eigenvalue weighted by molar-refractivity contribution is 0.0544. The molecule has 0 radical (unpaired) electrons. The first-order valence-corrected chi connectivity index (χ1v) is 7.23. The molecule has 100 valence electrons. The van der Waals surface area contributed by atoms with Crippen molar-refractivity contribution in [1.29, 1.82) is 0 Å². The lowest BCUT2D eigenvalue weighted by atomic mass is 9.90. The van der Waals surface area contributed by atoms with E-state index in [0.29, 0.717) is 12.6 Å². The number of nitrogens with zero attached hydrogens (tertiary/aromatic N) is 1. The molecule has 3 nitrogen and oxygen atoms in total. The van der Waals surface area contributed by atoms with Crippen molar-refractivity contribution >= 4 is 0 Å². The average Bonchev–Trinajstić information content (AvgIpc) is 2.28. The number of piperazine rings is 1. The first kappa shape index (κ1) is 13.3. The predicted molar refractivity (Wildman–Crippen MR) is 71.2 cm³/mol. The van der Waals surface area contributed by atoms with E-state index in [1.54, 1.807) is 0 Å². The van der Waals surface area contributed by atoms with Gasteiger partial charge in [-0.25, -0.2) is 0 Å². The summed E-state index contributed by atoms with van der Waals surface area (Å²) in [6.07, 6.45) is 7.86. The summed E-state index contributed by atoms with van der Waals surface area (Å²) in [7, 11) is 0. The van der Waals surface area contributed by atoms with Crippen molar-refractivity contribution in [3.8, 4) is 0 Å². The molecule has 1 heterocycles. The van der Waals surface area contributed by atoms with Crippen molar-refractivity contribution in [3.05, 3.63) is 0 Å². The van der Waals surface area contributed by atoms with Crippen LogP contribution in [-0.2, 0) is 0 Å². The molecule has 17 heavy (non-hydrogen) atoms. The van der Waals surface area contributed by atoms with E-state index < -0.39 is 0 Å². The molecular formula is C14H28N2O. The highest BCUT2D eigenvalue weighted by Crippen LogP contribution is 2.26. The quantitative estimate of drug-likeness (QED) is 0.789. The first-order chi connectivity index (χ1) is 8.11. The fraction of sp³-hybridized carbons (Fsp3) is 1.00. The van der Waals surface area contributed by atoms with Crippen LogP contribution in [-0.4, -0.2) is 47.3 Å². The second-order valence-corrected chi connectivity index (χ2v) is 6.46. The van der Waals surface area contributed by atoms with Gasteiger partial charge in [0.05, 0.1) is 0 Å². The average molecular weight is 240 g/mol. The molecule has 2 fully saturated rings. The molecule has 1 aliphatic heterocycles. The Labute approximate surface area is 106 Å². The van der Waals surface area contributed by atoms with E-state index in [-0.39, 0.29) is 5.54 Å². The topological polar surface area (TPSA) is 35.5 Å². The van der Waals surface area contributed by atoms with Gasteiger partial charge in [0, 0.05) is 37.3 Å². The number of hydrogen-bond acceptors (Lipinski definition) is 3. The molecular weight excluding hydrogens is 212 g/mol. The number of rotatable bonds is 3. The van der Waals surface area contributed by atoms with E-state index >= 15 is 0 Å². The molecule has 1 aliphatic carbocycles. The largest absolute Gasteiger partial charge is 0.396 e. The van der Waals surface area contributed by atoms with Crippen LogP contribution in [0.4, 0.5) is 0 Å². The fourth-order valence-corrected chi connectivity index (χ4v) is 3.54. The van der Waals surface area contributed by atoms with Gasteiger partial charge < -0.3 is 10.4 Å². The number of nitrogens with one attached hydrogen (secondary N) is 1. The second-order valence-electron chi connectivity index (χ2n) is 6.46. The molecule has 2 aliphatic rings. The summed E-state index contributed by atoms with van der Waals surface area (Å²) in [4.78, 5) is 2.68. The monoisotopic (exact) mass is 240 g/mol. The van der Waals surface area contributed by atoms with Crippen molar-refractivity contribution in [2.45, 2.75) is 70.0 Å². The van der Waals surface area contributed by atoms with Gasteiger partial charge in [0.2, 0.25) is 0 Å². The Morgan fingerprint density at radius 2 is 1.94 bits per heavy atom. The summed E-state index contributed by atoms with van der Waals surface area (Å²) in [6.45, 7) is 7.14. The third-order valence-electron chi connectivity index (χ3n) is 4.22. The van der Waals surface area contributed by atoms with Crippen molar-refractivity contribution in [2.75, 3.05) is 19.7 Å². The van der Waals surface area contributed by atoms with Crippen LogP contribution in [0.1, 0.15) is 52.4 Å². The van der Waals surface area contributed by atoms with Crippen LogP contribution in [0.5, 0.6) is 0 Å². The van der Waals surface area contributed by atoms with Crippen molar-refractivity contribution in [1.82, 2.24) is 10.2 Å². The van der Waals surface area contributed by atoms with Gasteiger partial charge in [-0.15, -0.1) is 0 Å². The molecule has 1 saturated heterocycles. The van der Waals surface area contributed by atoms with Crippen LogP contribution >= 0.6 is 0 Å². The zero-order valence-electron chi connectivity index (χ0n) is 11.4. The first-order valence-electron chi connectivity index (χ1n) is 7.23. The smallest absolute Gasteiger partial charge is 0.0446 e. The highest BCUT2D eigenvalue weighted by Gasteiger charge is 2.34. The van der Waals surface area contributed by atoms with E-state index in [1.807, 2.05) is 0 Å². The van der Waals surface area contributed by atoms with E-state index in [1.165, 1.54) is 32.1 Å². The third-order valence-corrected chi connectivity index (χ3v) is 4.22. The van der Waals surface area contributed by atoms with Gasteiger partial charge in [0.25, 0.3) is 0 Å². The molecule has 0 amide bonds. The van der Waals surface area contributed by atoms with Crippen LogP contribution in [0.25, 0.3) is 0 Å². The predicted octanol–water partition coefficient (Wildman–Crippen LogP) is 1.75. The minimum absolute atomic E-state index is 0.190. The third kappa shape index (κ3) is 3.67. The second kappa shape index (κ2) is 5.68. The number of hydrogen-bond donors (Lipinski definition) is 2. The Balaban J connectivity index is 1.95. The van der Waals surface area contributed by atoms with E-state index in [4.69, 9.17) is 5.11 Å². The van der Waals surface area contributed by atoms with Gasteiger partial charge in [-0.05, 0) is 33.1 Å². The maximum absolute atomic E-state index is 9.13. The van der Waals surface area contributed by atoms with Crippen LogP contribution in [0.2, 0.25) is 0 Å². The highest BCUT2D eigenvalue weighted by molar-refractivity contribution is 4.95. The summed E-state index contributed by atoms with van der Waals surface area (Å²) >= 11 is 0. The number of aliphatic hydroxyl groups is 1. The summed E-state index contributed by atoms with van der Waals surface area (Å²) < 4.78 is 0. The maximum atomic E-state index is 9.13. The molecule has 0 aromatic rings. The van der Waals surface area contributed by atoms with Crippen LogP contribution in [0, 0.1) is 0 Å². The lowest BCUT2D eigenvalue weighted by Crippen LogP contribution is -2.64. The summed E-state index contributed by atoms with van der Waals surface area (Å²) in [5.74, 6) is 0. The van der Waals surface area contributed by atoms with Crippen molar-refractivity contribution in [2.24, 2.45) is 0 Å².